The Morgan fingerprint density at radius 2 is 1.80 bits per heavy atom. The first-order valence-electron chi connectivity index (χ1n) is 6.92. The van der Waals surface area contributed by atoms with E-state index < -0.39 is 10.0 Å². The van der Waals surface area contributed by atoms with Gasteiger partial charge in [-0.3, -0.25) is 0 Å². The zero-order chi connectivity index (χ0) is 15.2. The van der Waals surface area contributed by atoms with Crippen LogP contribution >= 0.6 is 0 Å². The highest BCUT2D eigenvalue weighted by Crippen LogP contribution is 2.17. The number of rotatable bonds is 7. The van der Waals surface area contributed by atoms with Gasteiger partial charge in [-0.2, -0.15) is 0 Å². The maximum atomic E-state index is 12.0. The van der Waals surface area contributed by atoms with Crippen LogP contribution in [0.4, 0.5) is 0 Å². The van der Waals surface area contributed by atoms with Gasteiger partial charge in [-0.05, 0) is 30.0 Å². The fourth-order valence-corrected chi connectivity index (χ4v) is 3.02. The van der Waals surface area contributed by atoms with E-state index in [1.807, 2.05) is 31.3 Å². The molecule has 0 spiro atoms. The topological polar surface area (TPSA) is 58.2 Å². The van der Waals surface area contributed by atoms with E-state index in [2.05, 4.69) is 30.8 Å². The summed E-state index contributed by atoms with van der Waals surface area (Å²) in [6.45, 7) is 7.53. The Bertz CT molecular complexity index is 519. The summed E-state index contributed by atoms with van der Waals surface area (Å²) in [6.07, 6.45) is 0.825. The second-order valence-corrected chi connectivity index (χ2v) is 8.12. The normalized spacial score (nSPS) is 12.6. The molecular formula is C15H26N2O2S. The van der Waals surface area contributed by atoms with Gasteiger partial charge in [-0.1, -0.05) is 45.0 Å². The molecule has 1 aromatic rings. The van der Waals surface area contributed by atoms with Gasteiger partial charge < -0.3 is 5.32 Å². The molecule has 0 aromatic heterocycles. The fourth-order valence-electron chi connectivity index (χ4n) is 1.89. The smallest absolute Gasteiger partial charge is 0.215 e. The van der Waals surface area contributed by atoms with Crippen LogP contribution in [-0.2, 0) is 22.3 Å². The lowest BCUT2D eigenvalue weighted by Crippen LogP contribution is -2.28. The van der Waals surface area contributed by atoms with Crippen LogP contribution in [-0.4, -0.2) is 22.0 Å². The van der Waals surface area contributed by atoms with Crippen molar-refractivity contribution in [3.63, 3.8) is 0 Å². The Morgan fingerprint density at radius 3 is 2.40 bits per heavy atom. The molecule has 0 fully saturated rings. The van der Waals surface area contributed by atoms with Crippen molar-refractivity contribution in [2.75, 3.05) is 13.6 Å². The van der Waals surface area contributed by atoms with Gasteiger partial charge in [0.2, 0.25) is 10.0 Å². The highest BCUT2D eigenvalue weighted by Gasteiger charge is 2.14. The largest absolute Gasteiger partial charge is 0.316 e. The molecule has 4 nitrogen and oxygen atoms in total. The molecule has 0 heterocycles. The van der Waals surface area contributed by atoms with Gasteiger partial charge >= 0.3 is 0 Å². The van der Waals surface area contributed by atoms with E-state index in [0.29, 0.717) is 6.54 Å². The van der Waals surface area contributed by atoms with Crippen molar-refractivity contribution >= 4 is 10.0 Å². The lowest BCUT2D eigenvalue weighted by Gasteiger charge is -2.18. The maximum absolute atomic E-state index is 12.0. The van der Waals surface area contributed by atoms with Crippen LogP contribution in [0.3, 0.4) is 0 Å². The van der Waals surface area contributed by atoms with Gasteiger partial charge in [0, 0.05) is 13.1 Å². The van der Waals surface area contributed by atoms with Crippen LogP contribution in [0.5, 0.6) is 0 Å². The Balaban J connectivity index is 2.59. The molecule has 1 rings (SSSR count). The molecule has 5 heteroatoms. The molecule has 0 aliphatic carbocycles. The molecule has 114 valence electrons. The standard InChI is InChI=1S/C15H26N2O2S/c1-15(2,3)8-9-17-20(18,19)12-14-7-5-6-13(10-14)11-16-4/h5-7,10,16-17H,8-9,11-12H2,1-4H3. The molecule has 20 heavy (non-hydrogen) atoms. The van der Waals surface area contributed by atoms with Crippen molar-refractivity contribution in [2.45, 2.75) is 39.5 Å². The van der Waals surface area contributed by atoms with Crippen molar-refractivity contribution in [2.24, 2.45) is 5.41 Å². The summed E-state index contributed by atoms with van der Waals surface area (Å²) in [4.78, 5) is 0. The van der Waals surface area contributed by atoms with Gasteiger partial charge in [-0.25, -0.2) is 13.1 Å². The van der Waals surface area contributed by atoms with Crippen molar-refractivity contribution in [1.29, 1.82) is 0 Å². The number of nitrogens with one attached hydrogen (secondary N) is 2. The third-order valence-corrected chi connectivity index (χ3v) is 4.28. The van der Waals surface area contributed by atoms with Gasteiger partial charge in [0.15, 0.2) is 0 Å². The summed E-state index contributed by atoms with van der Waals surface area (Å²) in [7, 11) is -1.39. The lowest BCUT2D eigenvalue weighted by atomic mass is 9.93. The SMILES string of the molecule is CNCc1cccc(CS(=O)(=O)NCCC(C)(C)C)c1. The minimum absolute atomic E-state index is 0.0364. The lowest BCUT2D eigenvalue weighted by molar-refractivity contribution is 0.378. The van der Waals surface area contributed by atoms with Crippen LogP contribution < -0.4 is 10.0 Å². The third kappa shape index (κ3) is 7.03. The molecule has 2 N–H and O–H groups in total. The predicted molar refractivity (Wildman–Crippen MR) is 83.9 cm³/mol. The molecule has 0 aliphatic heterocycles. The average molecular weight is 298 g/mol. The molecule has 0 atom stereocenters. The Labute approximate surface area is 123 Å². The molecule has 0 radical (unpaired) electrons. The Morgan fingerprint density at radius 1 is 1.15 bits per heavy atom. The highest BCUT2D eigenvalue weighted by molar-refractivity contribution is 7.88. The molecule has 1 aromatic carbocycles. The number of sulfonamides is 1. The molecular weight excluding hydrogens is 272 g/mol. The first-order valence-corrected chi connectivity index (χ1v) is 8.57. The van der Waals surface area contributed by atoms with Crippen molar-refractivity contribution in [3.8, 4) is 0 Å². The Kier molecular flexibility index (Phi) is 6.17. The Hall–Kier alpha value is -0.910. The summed E-state index contributed by atoms with van der Waals surface area (Å²) in [6, 6.07) is 7.66. The van der Waals surface area contributed by atoms with Crippen LogP contribution in [0.2, 0.25) is 0 Å². The molecule has 0 saturated carbocycles. The summed E-state index contributed by atoms with van der Waals surface area (Å²) < 4.78 is 26.7. The van der Waals surface area contributed by atoms with E-state index in [9.17, 15) is 8.42 Å². The molecule has 0 bridgehead atoms. The van der Waals surface area contributed by atoms with E-state index in [0.717, 1.165) is 24.1 Å². The van der Waals surface area contributed by atoms with Gasteiger partial charge in [0.05, 0.1) is 5.75 Å². The van der Waals surface area contributed by atoms with Crippen LogP contribution in [0.15, 0.2) is 24.3 Å². The van der Waals surface area contributed by atoms with Crippen molar-refractivity contribution in [1.82, 2.24) is 10.0 Å². The van der Waals surface area contributed by atoms with Gasteiger partial charge in [-0.15, -0.1) is 0 Å². The summed E-state index contributed by atoms with van der Waals surface area (Å²) in [5.41, 5.74) is 2.05. The minimum Gasteiger partial charge on any atom is -0.316 e. The summed E-state index contributed by atoms with van der Waals surface area (Å²) in [5.74, 6) is 0.0364. The minimum atomic E-state index is -3.26. The van der Waals surface area contributed by atoms with Crippen molar-refractivity contribution in [3.05, 3.63) is 35.4 Å². The van der Waals surface area contributed by atoms with Crippen LogP contribution in [0.1, 0.15) is 38.3 Å². The van der Waals surface area contributed by atoms with E-state index in [-0.39, 0.29) is 11.2 Å². The molecule has 0 aliphatic rings. The second-order valence-electron chi connectivity index (χ2n) is 6.31. The number of benzene rings is 1. The second kappa shape index (κ2) is 7.20. The maximum Gasteiger partial charge on any atom is 0.215 e. The van der Waals surface area contributed by atoms with E-state index >= 15 is 0 Å². The number of hydrogen-bond donors (Lipinski definition) is 2. The predicted octanol–water partition coefficient (Wildman–Crippen LogP) is 2.26. The monoisotopic (exact) mass is 298 g/mol. The van der Waals surface area contributed by atoms with Crippen LogP contribution in [0.25, 0.3) is 0 Å². The molecule has 0 amide bonds. The quantitative estimate of drug-likeness (QED) is 0.812. The average Bonchev–Trinajstić information content (AvgIpc) is 2.26. The van der Waals surface area contributed by atoms with E-state index in [1.165, 1.54) is 0 Å². The zero-order valence-corrected chi connectivity index (χ0v) is 13.7. The third-order valence-electron chi connectivity index (χ3n) is 2.93. The first kappa shape index (κ1) is 17.1. The highest BCUT2D eigenvalue weighted by atomic mass is 32.2. The first-order chi connectivity index (χ1) is 9.22. The van der Waals surface area contributed by atoms with E-state index in [4.69, 9.17) is 0 Å². The summed E-state index contributed by atoms with van der Waals surface area (Å²) in [5, 5.41) is 3.06. The van der Waals surface area contributed by atoms with Gasteiger partial charge in [0.1, 0.15) is 0 Å². The fraction of sp³-hybridized carbons (Fsp3) is 0.600. The molecule has 0 saturated heterocycles. The van der Waals surface area contributed by atoms with Crippen LogP contribution in [0, 0.1) is 5.41 Å². The zero-order valence-electron chi connectivity index (χ0n) is 12.9. The van der Waals surface area contributed by atoms with Gasteiger partial charge in [0.25, 0.3) is 0 Å². The van der Waals surface area contributed by atoms with E-state index in [1.54, 1.807) is 0 Å². The summed E-state index contributed by atoms with van der Waals surface area (Å²) >= 11 is 0. The van der Waals surface area contributed by atoms with Crippen molar-refractivity contribution < 1.29 is 8.42 Å². The molecule has 0 unspecified atom stereocenters. The number of hydrogen-bond acceptors (Lipinski definition) is 3.